The normalized spacial score (nSPS) is 15.0. The van der Waals surface area contributed by atoms with E-state index in [1.54, 1.807) is 42.1 Å². The zero-order chi connectivity index (χ0) is 20.9. The summed E-state index contributed by atoms with van der Waals surface area (Å²) in [5.74, 6) is 0.108. The van der Waals surface area contributed by atoms with Crippen molar-refractivity contribution in [3.8, 4) is 11.5 Å². The van der Waals surface area contributed by atoms with E-state index in [-0.39, 0.29) is 17.4 Å². The minimum absolute atomic E-state index is 0.0766. The molecule has 0 bridgehead atoms. The molecule has 1 aliphatic heterocycles. The molecular formula is C18H17F3N8. The van der Waals surface area contributed by atoms with Gasteiger partial charge >= 0.3 is 6.18 Å². The van der Waals surface area contributed by atoms with Crippen molar-refractivity contribution in [2.24, 2.45) is 17.1 Å². The van der Waals surface area contributed by atoms with Gasteiger partial charge in [-0.1, -0.05) is 0 Å². The molecule has 0 N–H and O–H groups in total. The minimum Gasteiger partial charge on any atom is -0.378 e. The standard InChI is InChI=1S/C18H17F3N8/c1-10-9-13(24-28(10)4)16-23-17-14(15(18(19,20)21)25-29(17)26-16)22-11-5-7-12(8-6-11)27(2)3/h5-9H,1-4H3/b22-14-. The first-order valence-corrected chi connectivity index (χ1v) is 8.64. The van der Waals surface area contributed by atoms with Crippen molar-refractivity contribution >= 4 is 22.8 Å². The zero-order valence-electron chi connectivity index (χ0n) is 16.1. The third-order valence-electron chi connectivity index (χ3n) is 4.44. The van der Waals surface area contributed by atoms with Crippen LogP contribution in [0.3, 0.4) is 0 Å². The Hall–Kier alpha value is -3.50. The summed E-state index contributed by atoms with van der Waals surface area (Å²) in [4.78, 5) is 11.1. The van der Waals surface area contributed by atoms with Crippen molar-refractivity contribution in [2.75, 3.05) is 19.0 Å². The molecule has 0 aliphatic carbocycles. The Morgan fingerprint density at radius 2 is 1.76 bits per heavy atom. The Kier molecular flexibility index (Phi) is 4.25. The Morgan fingerprint density at radius 1 is 1.07 bits per heavy atom. The van der Waals surface area contributed by atoms with Gasteiger partial charge in [-0.15, -0.1) is 15.0 Å². The van der Waals surface area contributed by atoms with Crippen molar-refractivity contribution < 1.29 is 13.2 Å². The lowest BCUT2D eigenvalue weighted by molar-refractivity contribution is -0.0567. The third kappa shape index (κ3) is 3.39. The van der Waals surface area contributed by atoms with Gasteiger partial charge in [0.05, 0.1) is 5.69 Å². The van der Waals surface area contributed by atoms with Crippen LogP contribution in [0.5, 0.6) is 0 Å². The number of hydrogen-bond acceptors (Lipinski definition) is 6. The number of nitrogens with zero attached hydrogens (tertiary/aromatic N) is 8. The molecule has 3 heterocycles. The van der Waals surface area contributed by atoms with Gasteiger partial charge in [0.15, 0.2) is 5.71 Å². The van der Waals surface area contributed by atoms with Crippen LogP contribution in [-0.2, 0) is 7.05 Å². The summed E-state index contributed by atoms with van der Waals surface area (Å²) in [5.41, 5.74) is 1.07. The summed E-state index contributed by atoms with van der Waals surface area (Å²) in [6.07, 6.45) is -4.69. The van der Waals surface area contributed by atoms with E-state index in [1.807, 2.05) is 25.9 Å². The fourth-order valence-electron chi connectivity index (χ4n) is 2.80. The highest BCUT2D eigenvalue weighted by molar-refractivity contribution is 6.50. The number of aliphatic imine (C=N–C) groups is 1. The lowest BCUT2D eigenvalue weighted by Gasteiger charge is -2.12. The Balaban J connectivity index is 1.79. The molecule has 0 atom stereocenters. The molecule has 0 fully saturated rings. The van der Waals surface area contributed by atoms with Gasteiger partial charge in [-0.2, -0.15) is 18.3 Å². The summed E-state index contributed by atoms with van der Waals surface area (Å²) >= 11 is 0. The number of aryl methyl sites for hydroxylation is 2. The molecule has 1 aromatic carbocycles. The van der Waals surface area contributed by atoms with Crippen molar-refractivity contribution in [1.82, 2.24) is 24.7 Å². The maximum absolute atomic E-state index is 13.5. The van der Waals surface area contributed by atoms with Crippen LogP contribution in [0.25, 0.3) is 11.5 Å². The van der Waals surface area contributed by atoms with Crippen LogP contribution in [0.4, 0.5) is 24.5 Å². The molecule has 150 valence electrons. The number of halogens is 3. The Labute approximate surface area is 164 Å². The molecule has 11 heteroatoms. The van der Waals surface area contributed by atoms with E-state index in [2.05, 4.69) is 25.3 Å². The molecule has 0 unspecified atom stereocenters. The topological polar surface area (TPSA) is 76.5 Å². The summed E-state index contributed by atoms with van der Waals surface area (Å²) in [6.45, 7) is 1.85. The molecule has 0 spiro atoms. The van der Waals surface area contributed by atoms with Crippen LogP contribution >= 0.6 is 0 Å². The average Bonchev–Trinajstić information content (AvgIpc) is 3.29. The first-order chi connectivity index (χ1) is 13.6. The van der Waals surface area contributed by atoms with E-state index in [9.17, 15) is 13.2 Å². The second kappa shape index (κ2) is 6.54. The second-order valence-electron chi connectivity index (χ2n) is 6.76. The number of fused-ring (bicyclic) bond motifs is 1. The van der Waals surface area contributed by atoms with Gasteiger partial charge in [-0.3, -0.25) is 4.68 Å². The molecule has 8 nitrogen and oxygen atoms in total. The molecule has 0 saturated carbocycles. The van der Waals surface area contributed by atoms with Crippen LogP contribution in [0.1, 0.15) is 11.5 Å². The molecule has 4 rings (SSSR count). The van der Waals surface area contributed by atoms with E-state index in [0.717, 1.165) is 16.2 Å². The highest BCUT2D eigenvalue weighted by Gasteiger charge is 2.45. The fourth-order valence-corrected chi connectivity index (χ4v) is 2.80. The maximum Gasteiger partial charge on any atom is 0.437 e. The summed E-state index contributed by atoms with van der Waals surface area (Å²) < 4.78 is 42.1. The molecule has 29 heavy (non-hydrogen) atoms. The Bertz CT molecular complexity index is 1110. The first kappa shape index (κ1) is 18.8. The molecule has 3 aromatic rings. The quantitative estimate of drug-likeness (QED) is 0.675. The fraction of sp³-hybridized carbons (Fsp3) is 0.278. The zero-order valence-corrected chi connectivity index (χ0v) is 16.1. The van der Waals surface area contributed by atoms with Crippen molar-refractivity contribution in [2.45, 2.75) is 13.1 Å². The number of benzene rings is 1. The smallest absolute Gasteiger partial charge is 0.378 e. The second-order valence-corrected chi connectivity index (χ2v) is 6.76. The van der Waals surface area contributed by atoms with E-state index in [0.29, 0.717) is 11.4 Å². The van der Waals surface area contributed by atoms with Crippen LogP contribution in [-0.4, -0.2) is 56.3 Å². The number of alkyl halides is 3. The van der Waals surface area contributed by atoms with Gasteiger partial charge in [0.25, 0.3) is 0 Å². The van der Waals surface area contributed by atoms with Gasteiger partial charge in [0.1, 0.15) is 11.4 Å². The van der Waals surface area contributed by atoms with Crippen molar-refractivity contribution in [1.29, 1.82) is 0 Å². The van der Waals surface area contributed by atoms with Gasteiger partial charge in [0, 0.05) is 32.5 Å². The Morgan fingerprint density at radius 3 is 2.31 bits per heavy atom. The molecule has 2 aromatic heterocycles. The minimum atomic E-state index is -4.69. The SMILES string of the molecule is Cc1cc(-c2nc3n(n2)N=C(C(F)(F)F)/C3=N/c2ccc(N(C)C)cc2)nn1C. The van der Waals surface area contributed by atoms with E-state index >= 15 is 0 Å². The molecular weight excluding hydrogens is 385 g/mol. The van der Waals surface area contributed by atoms with Gasteiger partial charge < -0.3 is 4.90 Å². The first-order valence-electron chi connectivity index (χ1n) is 8.64. The van der Waals surface area contributed by atoms with Gasteiger partial charge in [-0.05, 0) is 37.3 Å². The maximum atomic E-state index is 13.5. The number of anilines is 1. The number of rotatable bonds is 3. The lowest BCUT2D eigenvalue weighted by Crippen LogP contribution is -2.29. The van der Waals surface area contributed by atoms with Crippen molar-refractivity contribution in [3.05, 3.63) is 41.9 Å². The summed E-state index contributed by atoms with van der Waals surface area (Å²) in [5, 5.41) is 11.9. The van der Waals surface area contributed by atoms with Crippen LogP contribution in [0, 0.1) is 6.92 Å². The number of aromatic nitrogens is 5. The summed E-state index contributed by atoms with van der Waals surface area (Å²) in [6, 6.07) is 8.56. The monoisotopic (exact) mass is 402 g/mol. The third-order valence-corrected chi connectivity index (χ3v) is 4.44. The van der Waals surface area contributed by atoms with Crippen LogP contribution in [0.15, 0.2) is 40.4 Å². The molecule has 1 aliphatic rings. The van der Waals surface area contributed by atoms with E-state index < -0.39 is 11.9 Å². The molecule has 0 amide bonds. The van der Waals surface area contributed by atoms with Crippen LogP contribution < -0.4 is 4.90 Å². The highest BCUT2D eigenvalue weighted by atomic mass is 19.4. The number of hydrogen-bond donors (Lipinski definition) is 0. The summed E-state index contributed by atoms with van der Waals surface area (Å²) in [7, 11) is 5.50. The predicted octanol–water partition coefficient (Wildman–Crippen LogP) is 2.95. The predicted molar refractivity (Wildman–Crippen MR) is 103 cm³/mol. The van der Waals surface area contributed by atoms with E-state index in [4.69, 9.17) is 0 Å². The lowest BCUT2D eigenvalue weighted by atomic mass is 10.2. The van der Waals surface area contributed by atoms with Crippen LogP contribution in [0.2, 0.25) is 0 Å². The average molecular weight is 402 g/mol. The van der Waals surface area contributed by atoms with Gasteiger partial charge in [-0.25, -0.2) is 9.98 Å². The van der Waals surface area contributed by atoms with Crippen molar-refractivity contribution in [3.63, 3.8) is 0 Å². The largest absolute Gasteiger partial charge is 0.437 e. The highest BCUT2D eigenvalue weighted by Crippen LogP contribution is 2.28. The van der Waals surface area contributed by atoms with E-state index in [1.165, 1.54) is 0 Å². The van der Waals surface area contributed by atoms with Gasteiger partial charge in [0.2, 0.25) is 11.6 Å². The molecule has 0 saturated heterocycles. The molecule has 0 radical (unpaired) electrons.